The molecule has 0 atom stereocenters. The molecule has 0 saturated heterocycles. The van der Waals surface area contributed by atoms with Gasteiger partial charge in [0, 0.05) is 19.9 Å². The van der Waals surface area contributed by atoms with Gasteiger partial charge in [-0.25, -0.2) is 0 Å². The zero-order valence-electron chi connectivity index (χ0n) is 13.9. The summed E-state index contributed by atoms with van der Waals surface area (Å²) in [4.78, 5) is 25.6. The second-order valence-electron chi connectivity index (χ2n) is 5.24. The van der Waals surface area contributed by atoms with E-state index in [1.807, 2.05) is 6.07 Å². The van der Waals surface area contributed by atoms with Crippen molar-refractivity contribution < 1.29 is 14.3 Å². The van der Waals surface area contributed by atoms with Crippen LogP contribution in [0.1, 0.15) is 13.3 Å². The number of nitrogens with one attached hydrogen (secondary N) is 1. The average Bonchev–Trinajstić information content (AvgIpc) is 2.57. The molecule has 0 aliphatic carbocycles. The van der Waals surface area contributed by atoms with Crippen LogP contribution in [0.5, 0.6) is 5.75 Å². The van der Waals surface area contributed by atoms with Crippen molar-refractivity contribution in [2.45, 2.75) is 13.3 Å². The molecule has 0 aliphatic heterocycles. The van der Waals surface area contributed by atoms with Crippen LogP contribution in [0.3, 0.4) is 0 Å². The second kappa shape index (κ2) is 8.74. The first-order valence-corrected chi connectivity index (χ1v) is 8.34. The van der Waals surface area contributed by atoms with Gasteiger partial charge in [0.1, 0.15) is 5.75 Å². The Bertz CT molecular complexity index is 760. The van der Waals surface area contributed by atoms with E-state index in [0.717, 1.165) is 0 Å². The Labute approximate surface area is 156 Å². The summed E-state index contributed by atoms with van der Waals surface area (Å²) in [6, 6.07) is 12.1. The molecule has 0 fully saturated rings. The minimum atomic E-state index is -0.251. The molecule has 0 aromatic heterocycles. The van der Waals surface area contributed by atoms with Crippen LogP contribution >= 0.6 is 23.2 Å². The highest BCUT2D eigenvalue weighted by Crippen LogP contribution is 2.33. The number of methoxy groups -OCH3 is 1. The van der Waals surface area contributed by atoms with Gasteiger partial charge in [0.15, 0.2) is 0 Å². The Kier molecular flexibility index (Phi) is 6.67. The number of benzene rings is 2. The van der Waals surface area contributed by atoms with E-state index in [1.165, 1.54) is 18.9 Å². The van der Waals surface area contributed by atoms with Crippen molar-refractivity contribution in [2.24, 2.45) is 0 Å². The van der Waals surface area contributed by atoms with E-state index in [2.05, 4.69) is 5.32 Å². The summed E-state index contributed by atoms with van der Waals surface area (Å²) in [7, 11) is 1.53. The molecule has 2 amide bonds. The van der Waals surface area contributed by atoms with Crippen molar-refractivity contribution in [3.8, 4) is 5.75 Å². The van der Waals surface area contributed by atoms with E-state index in [4.69, 9.17) is 27.9 Å². The van der Waals surface area contributed by atoms with Crippen LogP contribution < -0.4 is 15.0 Å². The number of hydrogen-bond acceptors (Lipinski definition) is 3. The fourth-order valence-corrected chi connectivity index (χ4v) is 2.95. The van der Waals surface area contributed by atoms with E-state index < -0.39 is 0 Å². The lowest BCUT2D eigenvalue weighted by molar-refractivity contribution is -0.117. The number of hydrogen-bond donors (Lipinski definition) is 1. The third-order valence-electron chi connectivity index (χ3n) is 3.53. The maximum absolute atomic E-state index is 12.2. The molecule has 25 heavy (non-hydrogen) atoms. The van der Waals surface area contributed by atoms with Gasteiger partial charge in [-0.15, -0.1) is 0 Å². The predicted molar refractivity (Wildman–Crippen MR) is 101 cm³/mol. The number of anilines is 2. The Hall–Kier alpha value is -2.24. The van der Waals surface area contributed by atoms with Crippen LogP contribution in [-0.4, -0.2) is 25.5 Å². The van der Waals surface area contributed by atoms with Gasteiger partial charge in [0.2, 0.25) is 11.8 Å². The molecule has 0 bridgehead atoms. The van der Waals surface area contributed by atoms with Crippen molar-refractivity contribution in [3.05, 3.63) is 52.5 Å². The molecule has 1 N–H and O–H groups in total. The topological polar surface area (TPSA) is 58.6 Å². The van der Waals surface area contributed by atoms with Crippen LogP contribution in [0.25, 0.3) is 0 Å². The number of para-hydroxylation sites is 3. The van der Waals surface area contributed by atoms with Crippen molar-refractivity contribution >= 4 is 46.4 Å². The molecule has 2 rings (SSSR count). The van der Waals surface area contributed by atoms with Gasteiger partial charge in [0.25, 0.3) is 0 Å². The SMILES string of the molecule is COc1ccccc1NC(=O)CCN(C(C)=O)c1c(Cl)cccc1Cl. The molecule has 0 aliphatic rings. The van der Waals surface area contributed by atoms with E-state index in [-0.39, 0.29) is 24.8 Å². The van der Waals surface area contributed by atoms with Crippen molar-refractivity contribution in [1.82, 2.24) is 0 Å². The molecular formula is C18H18Cl2N2O3. The Morgan fingerprint density at radius 2 is 1.72 bits per heavy atom. The summed E-state index contributed by atoms with van der Waals surface area (Å²) in [5.41, 5.74) is 0.976. The lowest BCUT2D eigenvalue weighted by atomic mass is 10.2. The van der Waals surface area contributed by atoms with Crippen molar-refractivity contribution in [3.63, 3.8) is 0 Å². The van der Waals surface area contributed by atoms with E-state index in [9.17, 15) is 9.59 Å². The predicted octanol–water partition coefficient (Wildman–Crippen LogP) is 4.38. The van der Waals surface area contributed by atoms with E-state index >= 15 is 0 Å². The summed E-state index contributed by atoms with van der Waals surface area (Å²) in [6.45, 7) is 1.55. The summed E-state index contributed by atoms with van der Waals surface area (Å²) in [5, 5.41) is 3.48. The Balaban J connectivity index is 2.09. The van der Waals surface area contributed by atoms with Crippen LogP contribution in [0, 0.1) is 0 Å². The lowest BCUT2D eigenvalue weighted by Gasteiger charge is -2.23. The fourth-order valence-electron chi connectivity index (χ4n) is 2.35. The number of amides is 2. The Morgan fingerprint density at radius 1 is 1.08 bits per heavy atom. The van der Waals surface area contributed by atoms with Crippen LogP contribution in [0.4, 0.5) is 11.4 Å². The molecule has 2 aromatic carbocycles. The largest absolute Gasteiger partial charge is 0.495 e. The van der Waals surface area contributed by atoms with E-state index in [1.54, 1.807) is 36.4 Å². The van der Waals surface area contributed by atoms with Crippen LogP contribution in [0.2, 0.25) is 10.0 Å². The highest BCUT2D eigenvalue weighted by molar-refractivity contribution is 6.39. The lowest BCUT2D eigenvalue weighted by Crippen LogP contribution is -2.32. The molecule has 132 valence electrons. The summed E-state index contributed by atoms with van der Waals surface area (Å²) in [5.74, 6) is 0.0624. The van der Waals surface area contributed by atoms with Gasteiger partial charge in [0.05, 0.1) is 28.5 Å². The number of carbonyl (C=O) groups excluding carboxylic acids is 2. The van der Waals surface area contributed by atoms with Gasteiger partial charge < -0.3 is 15.0 Å². The van der Waals surface area contributed by atoms with Gasteiger partial charge in [-0.3, -0.25) is 9.59 Å². The molecule has 5 nitrogen and oxygen atoms in total. The normalized spacial score (nSPS) is 10.2. The highest BCUT2D eigenvalue weighted by atomic mass is 35.5. The first-order chi connectivity index (χ1) is 11.9. The first-order valence-electron chi connectivity index (χ1n) is 7.59. The van der Waals surface area contributed by atoms with Gasteiger partial charge in [-0.1, -0.05) is 41.4 Å². The first kappa shape index (κ1) is 19.1. The zero-order valence-corrected chi connectivity index (χ0v) is 15.4. The second-order valence-corrected chi connectivity index (χ2v) is 6.05. The maximum Gasteiger partial charge on any atom is 0.226 e. The molecule has 0 saturated carbocycles. The number of ether oxygens (including phenoxy) is 1. The third-order valence-corrected chi connectivity index (χ3v) is 4.14. The number of rotatable bonds is 6. The number of carbonyl (C=O) groups is 2. The number of nitrogens with zero attached hydrogens (tertiary/aromatic N) is 1. The van der Waals surface area contributed by atoms with E-state index in [0.29, 0.717) is 27.2 Å². The summed E-state index contributed by atoms with van der Waals surface area (Å²) >= 11 is 12.3. The monoisotopic (exact) mass is 380 g/mol. The third kappa shape index (κ3) is 4.87. The molecule has 0 radical (unpaired) electrons. The molecule has 2 aromatic rings. The average molecular weight is 381 g/mol. The van der Waals surface area contributed by atoms with Gasteiger partial charge >= 0.3 is 0 Å². The smallest absolute Gasteiger partial charge is 0.226 e. The maximum atomic E-state index is 12.2. The quantitative estimate of drug-likeness (QED) is 0.808. The highest BCUT2D eigenvalue weighted by Gasteiger charge is 2.19. The molecule has 0 spiro atoms. The molecule has 7 heteroatoms. The van der Waals surface area contributed by atoms with Crippen LogP contribution in [0.15, 0.2) is 42.5 Å². The number of halogens is 2. The molecule has 0 unspecified atom stereocenters. The minimum Gasteiger partial charge on any atom is -0.495 e. The fraction of sp³-hybridized carbons (Fsp3) is 0.222. The standard InChI is InChI=1S/C18H18Cl2N2O3/c1-12(23)22(18-13(19)6-5-7-14(18)20)11-10-17(24)21-15-8-3-4-9-16(15)25-2/h3-9H,10-11H2,1-2H3,(H,21,24). The zero-order chi connectivity index (χ0) is 18.4. The summed E-state index contributed by atoms with van der Waals surface area (Å²) < 4.78 is 5.20. The molecule has 0 heterocycles. The van der Waals surface area contributed by atoms with Crippen LogP contribution in [-0.2, 0) is 9.59 Å². The van der Waals surface area contributed by atoms with Gasteiger partial charge in [-0.2, -0.15) is 0 Å². The molecular weight excluding hydrogens is 363 g/mol. The van der Waals surface area contributed by atoms with Crippen molar-refractivity contribution in [2.75, 3.05) is 23.9 Å². The van der Waals surface area contributed by atoms with Crippen molar-refractivity contribution in [1.29, 1.82) is 0 Å². The summed E-state index contributed by atoms with van der Waals surface area (Å²) in [6.07, 6.45) is 0.0825. The van der Waals surface area contributed by atoms with Gasteiger partial charge in [-0.05, 0) is 24.3 Å². The minimum absolute atomic E-state index is 0.0825. The Morgan fingerprint density at radius 3 is 2.32 bits per heavy atom.